The number of carbonyl (C=O) groups is 1. The molecule has 19 heavy (non-hydrogen) atoms. The summed E-state index contributed by atoms with van der Waals surface area (Å²) in [6.07, 6.45) is -4.61. The van der Waals surface area contributed by atoms with Gasteiger partial charge in [-0.05, 0) is 19.1 Å². The molecule has 102 valence electrons. The Bertz CT molecular complexity index is 645. The number of aryl methyl sites for hydroxylation is 1. The van der Waals surface area contributed by atoms with Gasteiger partial charge in [0.05, 0.1) is 5.56 Å². The van der Waals surface area contributed by atoms with Gasteiger partial charge in [-0.3, -0.25) is 4.79 Å². The fourth-order valence-electron chi connectivity index (χ4n) is 2.02. The highest BCUT2D eigenvalue weighted by atomic mass is 19.4. The van der Waals surface area contributed by atoms with Gasteiger partial charge >= 0.3 is 12.1 Å². The van der Waals surface area contributed by atoms with E-state index >= 15 is 0 Å². The van der Waals surface area contributed by atoms with E-state index in [0.717, 1.165) is 6.07 Å². The standard InChI is InChI=1S/C12H10F3NO3/c1-5-8(10(16)11(17)18)9-6(12(13,14)15)3-2-4-7(9)19-5/h2-4,10H,16H2,1H3,(H,17,18). The third kappa shape index (κ3) is 2.17. The summed E-state index contributed by atoms with van der Waals surface area (Å²) in [5, 5.41) is 8.59. The minimum atomic E-state index is -4.61. The number of rotatable bonds is 2. The molecule has 1 aromatic carbocycles. The number of hydrogen-bond donors (Lipinski definition) is 2. The Balaban J connectivity index is 2.84. The van der Waals surface area contributed by atoms with Crippen molar-refractivity contribution >= 4 is 16.9 Å². The minimum Gasteiger partial charge on any atom is -0.480 e. The molecule has 1 unspecified atom stereocenters. The summed E-state index contributed by atoms with van der Waals surface area (Å²) in [5.74, 6) is -1.34. The molecule has 2 aromatic rings. The van der Waals surface area contributed by atoms with Crippen LogP contribution in [0.25, 0.3) is 11.0 Å². The second-order valence-corrected chi connectivity index (χ2v) is 4.06. The summed E-state index contributed by atoms with van der Waals surface area (Å²) < 4.78 is 44.0. The molecule has 2 rings (SSSR count). The third-order valence-corrected chi connectivity index (χ3v) is 2.82. The molecule has 0 aliphatic carbocycles. The number of halogens is 3. The first kappa shape index (κ1) is 13.4. The first-order chi connectivity index (χ1) is 8.73. The zero-order valence-electron chi connectivity index (χ0n) is 9.78. The number of carboxylic acids is 1. The quantitative estimate of drug-likeness (QED) is 0.882. The van der Waals surface area contributed by atoms with Crippen molar-refractivity contribution in [1.82, 2.24) is 0 Å². The maximum atomic E-state index is 12.9. The lowest BCUT2D eigenvalue weighted by Crippen LogP contribution is -2.21. The normalized spacial score (nSPS) is 13.7. The molecule has 0 saturated carbocycles. The highest BCUT2D eigenvalue weighted by molar-refractivity contribution is 5.91. The summed E-state index contributed by atoms with van der Waals surface area (Å²) in [6.45, 7) is 1.39. The van der Waals surface area contributed by atoms with Crippen molar-refractivity contribution in [3.63, 3.8) is 0 Å². The van der Waals surface area contributed by atoms with Gasteiger partial charge in [0.25, 0.3) is 0 Å². The van der Waals surface area contributed by atoms with E-state index in [1.165, 1.54) is 19.1 Å². The van der Waals surface area contributed by atoms with Gasteiger partial charge in [-0.25, -0.2) is 0 Å². The van der Waals surface area contributed by atoms with Gasteiger partial charge < -0.3 is 15.3 Å². The largest absolute Gasteiger partial charge is 0.480 e. The van der Waals surface area contributed by atoms with E-state index in [1.54, 1.807) is 0 Å². The van der Waals surface area contributed by atoms with Crippen LogP contribution in [0.4, 0.5) is 13.2 Å². The number of benzene rings is 1. The lowest BCUT2D eigenvalue weighted by molar-refractivity contribution is -0.139. The second-order valence-electron chi connectivity index (χ2n) is 4.06. The SMILES string of the molecule is Cc1oc2cccc(C(F)(F)F)c2c1C(N)C(=O)O. The topological polar surface area (TPSA) is 76.5 Å². The number of alkyl halides is 3. The van der Waals surface area contributed by atoms with Crippen LogP contribution in [-0.4, -0.2) is 11.1 Å². The van der Waals surface area contributed by atoms with E-state index in [9.17, 15) is 18.0 Å². The fourth-order valence-corrected chi connectivity index (χ4v) is 2.02. The number of furan rings is 1. The lowest BCUT2D eigenvalue weighted by Gasteiger charge is -2.11. The zero-order valence-corrected chi connectivity index (χ0v) is 9.78. The molecule has 0 aliphatic heterocycles. The van der Waals surface area contributed by atoms with Gasteiger partial charge in [-0.1, -0.05) is 6.07 Å². The number of hydrogen-bond acceptors (Lipinski definition) is 3. The smallest absolute Gasteiger partial charge is 0.417 e. The van der Waals surface area contributed by atoms with Crippen LogP contribution in [0, 0.1) is 6.92 Å². The lowest BCUT2D eigenvalue weighted by atomic mass is 9.99. The third-order valence-electron chi connectivity index (χ3n) is 2.82. The van der Waals surface area contributed by atoms with Crippen LogP contribution >= 0.6 is 0 Å². The average molecular weight is 273 g/mol. The van der Waals surface area contributed by atoms with Gasteiger partial charge in [0.1, 0.15) is 17.4 Å². The molecular formula is C12H10F3NO3. The predicted molar refractivity (Wildman–Crippen MR) is 60.5 cm³/mol. The average Bonchev–Trinajstić information content (AvgIpc) is 2.62. The van der Waals surface area contributed by atoms with Gasteiger partial charge in [0.15, 0.2) is 0 Å². The molecule has 1 aromatic heterocycles. The van der Waals surface area contributed by atoms with Gasteiger partial charge in [-0.2, -0.15) is 13.2 Å². The van der Waals surface area contributed by atoms with E-state index in [-0.39, 0.29) is 22.3 Å². The maximum absolute atomic E-state index is 12.9. The molecule has 0 aliphatic rings. The molecule has 0 fully saturated rings. The van der Waals surface area contributed by atoms with Gasteiger partial charge in [0.2, 0.25) is 0 Å². The van der Waals surface area contributed by atoms with E-state index in [4.69, 9.17) is 15.3 Å². The molecule has 4 nitrogen and oxygen atoms in total. The molecule has 0 bridgehead atoms. The Morgan fingerprint density at radius 3 is 2.58 bits per heavy atom. The Hall–Kier alpha value is -2.02. The second kappa shape index (κ2) is 4.27. The van der Waals surface area contributed by atoms with Crippen LogP contribution in [0.3, 0.4) is 0 Å². The first-order valence-corrected chi connectivity index (χ1v) is 5.31. The number of fused-ring (bicyclic) bond motifs is 1. The highest BCUT2D eigenvalue weighted by Crippen LogP contribution is 2.40. The van der Waals surface area contributed by atoms with Crippen molar-refractivity contribution in [3.05, 3.63) is 35.1 Å². The van der Waals surface area contributed by atoms with E-state index in [2.05, 4.69) is 0 Å². The van der Waals surface area contributed by atoms with Crippen molar-refractivity contribution in [1.29, 1.82) is 0 Å². The molecule has 7 heteroatoms. The molecule has 0 saturated heterocycles. The predicted octanol–water partition coefficient (Wildman–Crippen LogP) is 2.84. The van der Waals surface area contributed by atoms with Crippen LogP contribution in [0.15, 0.2) is 22.6 Å². The van der Waals surface area contributed by atoms with Gasteiger partial charge in [0, 0.05) is 10.9 Å². The van der Waals surface area contributed by atoms with E-state index < -0.39 is 23.8 Å². The van der Waals surface area contributed by atoms with E-state index in [0.29, 0.717) is 0 Å². The van der Waals surface area contributed by atoms with Crippen molar-refractivity contribution in [3.8, 4) is 0 Å². The summed E-state index contributed by atoms with van der Waals surface area (Å²) in [5.41, 5.74) is 4.31. The van der Waals surface area contributed by atoms with Crippen molar-refractivity contribution in [2.24, 2.45) is 5.73 Å². The van der Waals surface area contributed by atoms with Crippen molar-refractivity contribution in [2.45, 2.75) is 19.1 Å². The van der Waals surface area contributed by atoms with Crippen molar-refractivity contribution in [2.75, 3.05) is 0 Å². The van der Waals surface area contributed by atoms with E-state index in [1.807, 2.05) is 0 Å². The maximum Gasteiger partial charge on any atom is 0.417 e. The number of aliphatic carboxylic acids is 1. The van der Waals surface area contributed by atoms with Gasteiger partial charge in [-0.15, -0.1) is 0 Å². The minimum absolute atomic E-state index is 0.0287. The summed E-state index contributed by atoms with van der Waals surface area (Å²) >= 11 is 0. The highest BCUT2D eigenvalue weighted by Gasteiger charge is 2.36. The molecule has 0 spiro atoms. The molecule has 3 N–H and O–H groups in total. The van der Waals surface area contributed by atoms with Crippen LogP contribution in [-0.2, 0) is 11.0 Å². The summed E-state index contributed by atoms with van der Waals surface area (Å²) in [7, 11) is 0. The molecule has 0 amide bonds. The number of carboxylic acid groups (broad SMARTS) is 1. The Labute approximate surface area is 105 Å². The Kier molecular flexibility index (Phi) is 3.01. The molecule has 1 heterocycles. The first-order valence-electron chi connectivity index (χ1n) is 5.31. The van der Waals surface area contributed by atoms with Crippen LogP contribution in [0.1, 0.15) is 22.9 Å². The Morgan fingerprint density at radius 2 is 2.05 bits per heavy atom. The molecule has 0 radical (unpaired) electrons. The summed E-state index contributed by atoms with van der Waals surface area (Å²) in [6, 6.07) is 1.85. The van der Waals surface area contributed by atoms with Crippen molar-refractivity contribution < 1.29 is 27.5 Å². The number of nitrogens with two attached hydrogens (primary N) is 1. The summed E-state index contributed by atoms with van der Waals surface area (Å²) in [4.78, 5) is 10.9. The molecule has 1 atom stereocenters. The monoisotopic (exact) mass is 273 g/mol. The van der Waals surface area contributed by atoms with Crippen LogP contribution in [0.5, 0.6) is 0 Å². The van der Waals surface area contributed by atoms with Crippen LogP contribution < -0.4 is 5.73 Å². The fraction of sp³-hybridized carbons (Fsp3) is 0.250. The zero-order chi connectivity index (χ0) is 14.4. The Morgan fingerprint density at radius 1 is 1.42 bits per heavy atom. The van der Waals surface area contributed by atoms with Crippen LogP contribution in [0.2, 0.25) is 0 Å². The molecular weight excluding hydrogens is 263 g/mol.